The van der Waals surface area contributed by atoms with Gasteiger partial charge in [0, 0.05) is 33.2 Å². The number of hydrogen-bond donors (Lipinski definition) is 3. The van der Waals surface area contributed by atoms with Gasteiger partial charge in [0.05, 0.1) is 5.52 Å². The van der Waals surface area contributed by atoms with Gasteiger partial charge in [-0.25, -0.2) is 9.97 Å². The summed E-state index contributed by atoms with van der Waals surface area (Å²) in [4.78, 5) is 15.6. The first-order chi connectivity index (χ1) is 14.7. The number of pyridine rings is 1. The number of nitrogens with one attached hydrogen (secondary N) is 2. The van der Waals surface area contributed by atoms with E-state index in [1.165, 1.54) is 43.1 Å². The topological polar surface area (TPSA) is 83.4 Å². The highest BCUT2D eigenvalue weighted by molar-refractivity contribution is 7.99. The van der Waals surface area contributed by atoms with Gasteiger partial charge >= 0.3 is 0 Å². The molecule has 0 aliphatic heterocycles. The lowest BCUT2D eigenvalue weighted by Crippen LogP contribution is -2.08. The molecular formula is C24H31N5S. The molecule has 0 saturated heterocycles. The minimum atomic E-state index is 0.484. The molecule has 1 aliphatic rings. The van der Waals surface area contributed by atoms with E-state index in [9.17, 15) is 0 Å². The summed E-state index contributed by atoms with van der Waals surface area (Å²) in [6, 6.07) is 10.9. The number of nitrogens with zero attached hydrogens (tertiary/aromatic N) is 2. The average molecular weight is 422 g/mol. The number of thioether (sulfide) groups is 1. The van der Waals surface area contributed by atoms with Gasteiger partial charge in [-0.05, 0) is 49.6 Å². The number of benzene rings is 1. The zero-order valence-corrected chi connectivity index (χ0v) is 18.9. The van der Waals surface area contributed by atoms with E-state index < -0.39 is 0 Å². The fraction of sp³-hybridized carbons (Fsp3) is 0.417. The van der Waals surface area contributed by atoms with E-state index in [1.807, 2.05) is 26.8 Å². The molecule has 1 aromatic carbocycles. The van der Waals surface area contributed by atoms with Crippen LogP contribution in [0.5, 0.6) is 0 Å². The average Bonchev–Trinajstić information content (AvgIpc) is 3.36. The van der Waals surface area contributed by atoms with Crippen molar-refractivity contribution in [3.63, 3.8) is 0 Å². The molecule has 1 saturated carbocycles. The van der Waals surface area contributed by atoms with Crippen molar-refractivity contribution >= 4 is 39.6 Å². The number of rotatable bonds is 4. The van der Waals surface area contributed by atoms with Crippen molar-refractivity contribution in [2.24, 2.45) is 0 Å². The van der Waals surface area contributed by atoms with Crippen LogP contribution in [0, 0.1) is 6.92 Å². The van der Waals surface area contributed by atoms with Crippen molar-refractivity contribution in [1.82, 2.24) is 19.9 Å². The lowest BCUT2D eigenvalue weighted by Gasteiger charge is -2.20. The Morgan fingerprint density at radius 2 is 1.83 bits per heavy atom. The fourth-order valence-corrected chi connectivity index (χ4v) is 5.47. The van der Waals surface area contributed by atoms with Crippen LogP contribution in [0.25, 0.3) is 33.3 Å². The fourth-order valence-electron chi connectivity index (χ4n) is 4.20. The molecule has 1 aliphatic carbocycles. The van der Waals surface area contributed by atoms with Gasteiger partial charge in [0.2, 0.25) is 0 Å². The molecule has 4 aromatic rings. The van der Waals surface area contributed by atoms with E-state index >= 15 is 0 Å². The number of nitrogens with two attached hydrogens (primary N) is 1. The van der Waals surface area contributed by atoms with Gasteiger partial charge in [-0.3, -0.25) is 0 Å². The van der Waals surface area contributed by atoms with Crippen molar-refractivity contribution in [3.8, 4) is 11.3 Å². The number of aryl methyl sites for hydroxylation is 1. The minimum absolute atomic E-state index is 0.484. The Bertz CT molecular complexity index is 1140. The third-order valence-corrected chi connectivity index (χ3v) is 7.06. The van der Waals surface area contributed by atoms with E-state index in [0.717, 1.165) is 39.1 Å². The Hall–Kier alpha value is -2.47. The number of fused-ring (bicyclic) bond motifs is 2. The number of H-pyrrole nitrogens is 2. The molecule has 0 radical (unpaired) electrons. The van der Waals surface area contributed by atoms with Crippen molar-refractivity contribution < 1.29 is 0 Å². The molecule has 0 unspecified atom stereocenters. The van der Waals surface area contributed by atoms with Crippen LogP contribution >= 0.6 is 11.8 Å². The smallest absolute Gasteiger partial charge is 0.180 e. The second-order valence-electron chi connectivity index (χ2n) is 7.79. The summed E-state index contributed by atoms with van der Waals surface area (Å²) >= 11 is 2.12. The normalized spacial score (nSPS) is 14.8. The summed E-state index contributed by atoms with van der Waals surface area (Å²) < 4.78 is 0. The first-order valence-corrected chi connectivity index (χ1v) is 12.1. The number of aromatic amines is 2. The van der Waals surface area contributed by atoms with Crippen LogP contribution in [0.4, 0.5) is 5.82 Å². The second kappa shape index (κ2) is 9.13. The summed E-state index contributed by atoms with van der Waals surface area (Å²) in [6.07, 6.45) is 6.97. The first-order valence-electron chi connectivity index (χ1n) is 11.0. The molecule has 3 heterocycles. The minimum Gasteiger partial charge on any atom is -0.384 e. The zero-order chi connectivity index (χ0) is 21.1. The van der Waals surface area contributed by atoms with Crippen LogP contribution in [0.15, 0.2) is 30.3 Å². The van der Waals surface area contributed by atoms with Crippen molar-refractivity contribution in [2.75, 3.05) is 5.73 Å². The largest absolute Gasteiger partial charge is 0.384 e. The van der Waals surface area contributed by atoms with Crippen molar-refractivity contribution in [3.05, 3.63) is 41.7 Å². The lowest BCUT2D eigenvalue weighted by molar-refractivity contribution is 0.516. The molecule has 158 valence electrons. The maximum atomic E-state index is 6.02. The number of anilines is 1. The van der Waals surface area contributed by atoms with Gasteiger partial charge in [-0.15, -0.1) is 0 Å². The predicted molar refractivity (Wildman–Crippen MR) is 130 cm³/mol. The second-order valence-corrected chi connectivity index (χ2v) is 9.08. The van der Waals surface area contributed by atoms with Gasteiger partial charge in [0.1, 0.15) is 11.6 Å². The molecule has 0 bridgehead atoms. The van der Waals surface area contributed by atoms with Crippen LogP contribution in [-0.4, -0.2) is 25.2 Å². The molecule has 3 aromatic heterocycles. The van der Waals surface area contributed by atoms with Crippen molar-refractivity contribution in [2.45, 2.75) is 63.9 Å². The molecule has 0 atom stereocenters. The Balaban J connectivity index is 0.00000106. The molecule has 5 nitrogen and oxygen atoms in total. The van der Waals surface area contributed by atoms with Crippen LogP contribution in [0.2, 0.25) is 0 Å². The first kappa shape index (κ1) is 20.8. The molecule has 6 heteroatoms. The van der Waals surface area contributed by atoms with Crippen LogP contribution in [0.3, 0.4) is 0 Å². The van der Waals surface area contributed by atoms with Crippen LogP contribution < -0.4 is 5.73 Å². The highest BCUT2D eigenvalue weighted by Crippen LogP contribution is 2.33. The van der Waals surface area contributed by atoms with E-state index in [-0.39, 0.29) is 0 Å². The summed E-state index contributed by atoms with van der Waals surface area (Å²) in [7, 11) is 0. The Morgan fingerprint density at radius 3 is 2.63 bits per heavy atom. The molecule has 5 rings (SSSR count). The summed E-state index contributed by atoms with van der Waals surface area (Å²) in [5.74, 6) is 2.41. The maximum Gasteiger partial charge on any atom is 0.180 e. The summed E-state index contributed by atoms with van der Waals surface area (Å²) in [5, 5.41) is 2.07. The summed E-state index contributed by atoms with van der Waals surface area (Å²) in [5.41, 5.74) is 12.2. The molecule has 0 spiro atoms. The third-order valence-electron chi connectivity index (χ3n) is 5.61. The highest BCUT2D eigenvalue weighted by Gasteiger charge is 2.15. The molecular weight excluding hydrogens is 390 g/mol. The van der Waals surface area contributed by atoms with E-state index in [1.54, 1.807) is 0 Å². The number of aromatic nitrogens is 4. The van der Waals surface area contributed by atoms with Crippen LogP contribution in [-0.2, 0) is 5.75 Å². The Morgan fingerprint density at radius 1 is 1.03 bits per heavy atom. The molecule has 30 heavy (non-hydrogen) atoms. The quantitative estimate of drug-likeness (QED) is 0.347. The maximum absolute atomic E-state index is 6.02. The number of imidazole rings is 1. The molecule has 0 amide bonds. The third kappa shape index (κ3) is 4.33. The SMILES string of the molecule is CC.Cc1nc2nc(N)cc(-c3cc4cc(CSC5CCCCC5)ccc4[nH]3)c2[nH]1. The monoisotopic (exact) mass is 421 g/mol. The lowest BCUT2D eigenvalue weighted by atomic mass is 10.0. The zero-order valence-electron chi connectivity index (χ0n) is 18.1. The van der Waals surface area contributed by atoms with Gasteiger partial charge < -0.3 is 15.7 Å². The standard InChI is InChI=1S/C22H25N5S.C2H6/c1-13-24-21-17(11-20(23)27-22(21)25-13)19-10-15-9-14(7-8-18(15)26-19)12-28-16-5-3-2-4-6-16;1-2/h7-11,16,26H,2-6,12H2,1H3,(H3,23,24,25,27);1-2H3. The van der Waals surface area contributed by atoms with Crippen molar-refractivity contribution in [1.29, 1.82) is 0 Å². The number of hydrogen-bond acceptors (Lipinski definition) is 4. The van der Waals surface area contributed by atoms with E-state index in [4.69, 9.17) is 5.73 Å². The predicted octanol–water partition coefficient (Wildman–Crippen LogP) is 6.59. The van der Waals surface area contributed by atoms with E-state index in [0.29, 0.717) is 11.5 Å². The van der Waals surface area contributed by atoms with Gasteiger partial charge in [0.15, 0.2) is 5.65 Å². The van der Waals surface area contributed by atoms with Crippen LogP contribution in [0.1, 0.15) is 57.3 Å². The molecule has 1 fully saturated rings. The van der Waals surface area contributed by atoms with Gasteiger partial charge in [-0.1, -0.05) is 39.2 Å². The highest BCUT2D eigenvalue weighted by atomic mass is 32.2. The summed E-state index contributed by atoms with van der Waals surface area (Å²) in [6.45, 7) is 5.93. The van der Waals surface area contributed by atoms with Gasteiger partial charge in [-0.2, -0.15) is 11.8 Å². The number of nitrogen functional groups attached to an aromatic ring is 1. The molecule has 4 N–H and O–H groups in total. The van der Waals surface area contributed by atoms with E-state index in [2.05, 4.69) is 56.0 Å². The Labute approximate surface area is 182 Å². The van der Waals surface area contributed by atoms with Gasteiger partial charge in [0.25, 0.3) is 0 Å². The Kier molecular flexibility index (Phi) is 6.32.